The van der Waals surface area contributed by atoms with Crippen LogP contribution in [-0.2, 0) is 6.42 Å². The highest BCUT2D eigenvalue weighted by Crippen LogP contribution is 2.30. The predicted molar refractivity (Wildman–Crippen MR) is 107 cm³/mol. The Morgan fingerprint density at radius 2 is 1.85 bits per heavy atom. The molecule has 3 aromatic rings. The van der Waals surface area contributed by atoms with Crippen LogP contribution in [0.1, 0.15) is 29.8 Å². The topological polar surface area (TPSA) is 56.5 Å². The van der Waals surface area contributed by atoms with Crippen LogP contribution < -0.4 is 10.4 Å². The molecular formula is C21H16Cl2O4. The van der Waals surface area contributed by atoms with Gasteiger partial charge >= 0.3 is 11.6 Å². The van der Waals surface area contributed by atoms with Gasteiger partial charge in [0.15, 0.2) is 0 Å². The van der Waals surface area contributed by atoms with Gasteiger partial charge in [0, 0.05) is 22.0 Å². The Morgan fingerprint density at radius 3 is 2.56 bits per heavy atom. The van der Waals surface area contributed by atoms with Gasteiger partial charge in [-0.1, -0.05) is 34.9 Å². The zero-order valence-electron chi connectivity index (χ0n) is 14.7. The number of rotatable bonds is 4. The maximum atomic E-state index is 12.6. The van der Waals surface area contributed by atoms with Gasteiger partial charge in [-0.25, -0.2) is 9.59 Å². The quantitative estimate of drug-likeness (QED) is 0.238. The Balaban J connectivity index is 2.07. The fourth-order valence-corrected chi connectivity index (χ4v) is 3.06. The number of carbonyl (C=O) groups excluding carboxylic acids is 1. The van der Waals surface area contributed by atoms with Crippen molar-refractivity contribution in [3.05, 3.63) is 85.7 Å². The molecule has 0 radical (unpaired) electrons. The normalized spacial score (nSPS) is 10.7. The molecule has 1 heterocycles. The Hall–Kier alpha value is -2.56. The van der Waals surface area contributed by atoms with E-state index in [4.69, 9.17) is 32.4 Å². The summed E-state index contributed by atoms with van der Waals surface area (Å²) in [5.74, 6) is -0.307. The molecule has 0 spiro atoms. The number of hydrogen-bond acceptors (Lipinski definition) is 4. The monoisotopic (exact) mass is 402 g/mol. The van der Waals surface area contributed by atoms with Crippen LogP contribution in [0.15, 0.2) is 63.3 Å². The molecule has 0 aliphatic rings. The minimum Gasteiger partial charge on any atom is -0.422 e. The number of esters is 1. The van der Waals surface area contributed by atoms with Crippen LogP contribution in [0.2, 0.25) is 10.0 Å². The molecular weight excluding hydrogens is 387 g/mol. The molecule has 1 aromatic heterocycles. The van der Waals surface area contributed by atoms with Crippen molar-refractivity contribution in [1.29, 1.82) is 0 Å². The van der Waals surface area contributed by atoms with Crippen molar-refractivity contribution in [1.82, 2.24) is 0 Å². The van der Waals surface area contributed by atoms with Crippen LogP contribution in [0.25, 0.3) is 11.0 Å². The first-order valence-corrected chi connectivity index (χ1v) is 8.97. The molecule has 138 valence electrons. The molecule has 0 aliphatic carbocycles. The van der Waals surface area contributed by atoms with Crippen molar-refractivity contribution in [3.8, 4) is 5.75 Å². The summed E-state index contributed by atoms with van der Waals surface area (Å²) in [5, 5.41) is 1.37. The van der Waals surface area contributed by atoms with Gasteiger partial charge in [0.25, 0.3) is 0 Å². The molecule has 0 saturated carbocycles. The van der Waals surface area contributed by atoms with Crippen LogP contribution in [0.5, 0.6) is 5.75 Å². The molecule has 0 aliphatic heterocycles. The van der Waals surface area contributed by atoms with E-state index in [0.29, 0.717) is 28.3 Å². The fourth-order valence-electron chi connectivity index (χ4n) is 2.58. The van der Waals surface area contributed by atoms with Crippen LogP contribution >= 0.6 is 23.2 Å². The highest BCUT2D eigenvalue weighted by atomic mass is 35.5. The minimum atomic E-state index is -0.618. The van der Waals surface area contributed by atoms with E-state index in [9.17, 15) is 9.59 Å². The van der Waals surface area contributed by atoms with Crippen molar-refractivity contribution in [3.63, 3.8) is 0 Å². The molecule has 0 amide bonds. The first kappa shape index (κ1) is 19.2. The van der Waals surface area contributed by atoms with E-state index in [1.54, 1.807) is 24.3 Å². The summed E-state index contributed by atoms with van der Waals surface area (Å²) < 4.78 is 10.9. The lowest BCUT2D eigenvalue weighted by Gasteiger charge is -2.12. The number of hydrogen-bond donors (Lipinski definition) is 0. The van der Waals surface area contributed by atoms with Crippen molar-refractivity contribution < 1.29 is 13.9 Å². The standard InChI is InChI=1S/C21H16Cl2O4/c1-12(2)3-7-16-18(9-4-13-5-10-19(24)27-20(13)16)26-21(25)15-8-6-14(22)11-17(15)23/h3-6,8-11H,7H2,1-2H3. The van der Waals surface area contributed by atoms with Crippen LogP contribution in [0.3, 0.4) is 0 Å². The number of allylic oxidation sites excluding steroid dienone is 2. The van der Waals surface area contributed by atoms with E-state index in [1.165, 1.54) is 18.2 Å². The van der Waals surface area contributed by atoms with Crippen molar-refractivity contribution in [2.75, 3.05) is 0 Å². The Morgan fingerprint density at radius 1 is 1.11 bits per heavy atom. The maximum absolute atomic E-state index is 12.6. The average molecular weight is 403 g/mol. The van der Waals surface area contributed by atoms with Gasteiger partial charge in [-0.15, -0.1) is 0 Å². The average Bonchev–Trinajstić information content (AvgIpc) is 2.60. The second-order valence-electron chi connectivity index (χ2n) is 6.21. The summed E-state index contributed by atoms with van der Waals surface area (Å²) in [5.41, 5.74) is 1.83. The number of fused-ring (bicyclic) bond motifs is 1. The summed E-state index contributed by atoms with van der Waals surface area (Å²) in [7, 11) is 0. The van der Waals surface area contributed by atoms with E-state index < -0.39 is 11.6 Å². The predicted octanol–water partition coefficient (Wildman–Crippen LogP) is 5.83. The van der Waals surface area contributed by atoms with Gasteiger partial charge < -0.3 is 9.15 Å². The molecule has 0 fully saturated rings. The molecule has 0 unspecified atom stereocenters. The fraction of sp³-hybridized carbons (Fsp3) is 0.143. The van der Waals surface area contributed by atoms with Crippen LogP contribution in [-0.4, -0.2) is 5.97 Å². The van der Waals surface area contributed by atoms with E-state index in [0.717, 1.165) is 11.0 Å². The van der Waals surface area contributed by atoms with Gasteiger partial charge in [0.2, 0.25) is 0 Å². The molecule has 0 saturated heterocycles. The minimum absolute atomic E-state index is 0.198. The smallest absolute Gasteiger partial charge is 0.345 e. The van der Waals surface area contributed by atoms with E-state index in [1.807, 2.05) is 19.9 Å². The highest BCUT2D eigenvalue weighted by Gasteiger charge is 2.17. The van der Waals surface area contributed by atoms with E-state index in [-0.39, 0.29) is 10.6 Å². The van der Waals surface area contributed by atoms with E-state index in [2.05, 4.69) is 0 Å². The molecule has 0 bridgehead atoms. The lowest BCUT2D eigenvalue weighted by Crippen LogP contribution is -2.11. The third kappa shape index (κ3) is 4.41. The van der Waals surface area contributed by atoms with E-state index >= 15 is 0 Å². The molecule has 27 heavy (non-hydrogen) atoms. The molecule has 4 nitrogen and oxygen atoms in total. The largest absolute Gasteiger partial charge is 0.422 e. The van der Waals surface area contributed by atoms with Gasteiger partial charge in [-0.05, 0) is 56.7 Å². The lowest BCUT2D eigenvalue weighted by atomic mass is 10.1. The number of carbonyl (C=O) groups is 1. The summed E-state index contributed by atoms with van der Waals surface area (Å²) in [6.07, 6.45) is 2.41. The first-order valence-electron chi connectivity index (χ1n) is 8.21. The third-order valence-corrected chi connectivity index (χ3v) is 4.47. The molecule has 0 atom stereocenters. The van der Waals surface area contributed by atoms with Crippen molar-refractivity contribution in [2.45, 2.75) is 20.3 Å². The Kier molecular flexibility index (Phi) is 5.68. The van der Waals surface area contributed by atoms with Gasteiger partial charge in [0.05, 0.1) is 10.6 Å². The summed E-state index contributed by atoms with van der Waals surface area (Å²) >= 11 is 12.0. The zero-order chi connectivity index (χ0) is 19.6. The zero-order valence-corrected chi connectivity index (χ0v) is 16.2. The van der Waals surface area contributed by atoms with Crippen LogP contribution in [0, 0.1) is 0 Å². The van der Waals surface area contributed by atoms with Gasteiger partial charge in [-0.2, -0.15) is 0 Å². The summed E-state index contributed by atoms with van der Waals surface area (Å²) in [6, 6.07) is 11.0. The van der Waals surface area contributed by atoms with Gasteiger partial charge in [-0.3, -0.25) is 0 Å². The third-order valence-electron chi connectivity index (χ3n) is 3.92. The SMILES string of the molecule is CC(C)=CCc1c(OC(=O)c2ccc(Cl)cc2Cl)ccc2ccc(=O)oc12. The lowest BCUT2D eigenvalue weighted by molar-refractivity contribution is 0.0733. The summed E-state index contributed by atoms with van der Waals surface area (Å²) in [4.78, 5) is 24.3. The molecule has 6 heteroatoms. The molecule has 3 rings (SSSR count). The maximum Gasteiger partial charge on any atom is 0.345 e. The second kappa shape index (κ2) is 7.99. The van der Waals surface area contributed by atoms with Crippen molar-refractivity contribution in [2.24, 2.45) is 0 Å². The second-order valence-corrected chi connectivity index (χ2v) is 7.06. The number of benzene rings is 2. The Bertz CT molecular complexity index is 1110. The highest BCUT2D eigenvalue weighted by molar-refractivity contribution is 6.36. The summed E-state index contributed by atoms with van der Waals surface area (Å²) in [6.45, 7) is 3.92. The molecule has 2 aromatic carbocycles. The molecule has 0 N–H and O–H groups in total. The van der Waals surface area contributed by atoms with Gasteiger partial charge in [0.1, 0.15) is 11.3 Å². The van der Waals surface area contributed by atoms with Crippen molar-refractivity contribution >= 4 is 40.1 Å². The number of ether oxygens (including phenoxy) is 1. The van der Waals surface area contributed by atoms with Crippen LogP contribution in [0.4, 0.5) is 0 Å². The Labute approximate surface area is 166 Å². The number of halogens is 2. The first-order chi connectivity index (χ1) is 12.8.